The van der Waals surface area contributed by atoms with Crippen LogP contribution < -0.4 is 29.2 Å². The molecule has 0 atom stereocenters. The molecule has 0 unspecified atom stereocenters. The van der Waals surface area contributed by atoms with Crippen LogP contribution in [0.5, 0.6) is 23.0 Å². The maximum atomic E-state index is 12.7. The van der Waals surface area contributed by atoms with E-state index in [9.17, 15) is 9.59 Å². The lowest BCUT2D eigenvalue weighted by Crippen LogP contribution is -2.39. The number of fused-ring (bicyclic) bond motifs is 2. The quantitative estimate of drug-likeness (QED) is 0.555. The van der Waals surface area contributed by atoms with Crippen molar-refractivity contribution in [3.63, 3.8) is 0 Å². The summed E-state index contributed by atoms with van der Waals surface area (Å²) in [4.78, 5) is 26.8. The number of anilines is 2. The van der Waals surface area contributed by atoms with Gasteiger partial charge in [0.2, 0.25) is 6.79 Å². The predicted molar refractivity (Wildman–Crippen MR) is 121 cm³/mol. The van der Waals surface area contributed by atoms with Crippen molar-refractivity contribution in [3.8, 4) is 23.0 Å². The molecule has 5 rings (SSSR count). The number of carbonyl (C=O) groups is 2. The van der Waals surface area contributed by atoms with Crippen molar-refractivity contribution >= 4 is 23.2 Å². The van der Waals surface area contributed by atoms with Gasteiger partial charge in [0.15, 0.2) is 18.1 Å². The molecule has 8 heteroatoms. The topological polar surface area (TPSA) is 86.3 Å². The fraction of sp³-hybridized carbons (Fsp3) is 0.200. The van der Waals surface area contributed by atoms with Crippen LogP contribution in [-0.2, 0) is 4.79 Å². The zero-order valence-corrected chi connectivity index (χ0v) is 17.8. The Bertz CT molecular complexity index is 1180. The first-order valence-corrected chi connectivity index (χ1v) is 10.6. The van der Waals surface area contributed by atoms with Gasteiger partial charge >= 0.3 is 0 Å². The van der Waals surface area contributed by atoms with Gasteiger partial charge in [0.05, 0.1) is 12.3 Å². The second-order valence-electron chi connectivity index (χ2n) is 7.55. The minimum absolute atomic E-state index is 0.0495. The van der Waals surface area contributed by atoms with E-state index >= 15 is 0 Å². The van der Waals surface area contributed by atoms with Crippen LogP contribution in [0.4, 0.5) is 11.4 Å². The average molecular weight is 446 g/mol. The Balaban J connectivity index is 1.23. The summed E-state index contributed by atoms with van der Waals surface area (Å²) in [6.45, 7) is 1.10. The normalized spacial score (nSPS) is 13.8. The van der Waals surface area contributed by atoms with E-state index < -0.39 is 0 Å². The van der Waals surface area contributed by atoms with Gasteiger partial charge in [-0.3, -0.25) is 9.59 Å². The van der Waals surface area contributed by atoms with Gasteiger partial charge < -0.3 is 29.2 Å². The number of hydrogen-bond donors (Lipinski definition) is 1. The fourth-order valence-electron chi connectivity index (χ4n) is 3.70. The Kier molecular flexibility index (Phi) is 5.72. The molecule has 2 aliphatic rings. The molecular formula is C25H22N2O6. The van der Waals surface area contributed by atoms with Crippen molar-refractivity contribution in [1.82, 2.24) is 0 Å². The largest absolute Gasteiger partial charge is 0.494 e. The van der Waals surface area contributed by atoms with E-state index in [0.717, 1.165) is 5.75 Å². The number of benzene rings is 3. The van der Waals surface area contributed by atoms with Crippen molar-refractivity contribution in [2.24, 2.45) is 0 Å². The lowest BCUT2D eigenvalue weighted by atomic mass is 10.1. The van der Waals surface area contributed by atoms with E-state index in [4.69, 9.17) is 18.9 Å². The van der Waals surface area contributed by atoms with E-state index in [1.807, 2.05) is 30.3 Å². The molecule has 2 amide bonds. The van der Waals surface area contributed by atoms with Gasteiger partial charge in [0.25, 0.3) is 11.8 Å². The molecule has 1 N–H and O–H groups in total. The van der Waals surface area contributed by atoms with Gasteiger partial charge in [0.1, 0.15) is 11.5 Å². The SMILES string of the molecule is O=C(Nc1ccc2c(c1)OCC(=O)N2CCCOc1ccccc1)c1ccc2c(c1)OCO2. The number of ether oxygens (including phenoxy) is 4. The molecule has 8 nitrogen and oxygen atoms in total. The highest BCUT2D eigenvalue weighted by molar-refractivity contribution is 6.05. The first-order chi connectivity index (χ1) is 16.2. The van der Waals surface area contributed by atoms with E-state index in [2.05, 4.69) is 5.32 Å². The fourth-order valence-corrected chi connectivity index (χ4v) is 3.70. The van der Waals surface area contributed by atoms with Crippen LogP contribution in [-0.4, -0.2) is 38.4 Å². The van der Waals surface area contributed by atoms with Gasteiger partial charge in [0, 0.05) is 23.9 Å². The molecule has 3 aromatic carbocycles. The molecule has 2 heterocycles. The summed E-state index contributed by atoms with van der Waals surface area (Å²) in [5, 5.41) is 2.86. The molecule has 0 fully saturated rings. The Morgan fingerprint density at radius 3 is 2.67 bits per heavy atom. The molecule has 0 saturated heterocycles. The minimum atomic E-state index is -0.282. The third-order valence-electron chi connectivity index (χ3n) is 5.33. The molecule has 0 saturated carbocycles. The highest BCUT2D eigenvalue weighted by Crippen LogP contribution is 2.35. The first kappa shape index (κ1) is 20.7. The Labute approximate surface area is 190 Å². The van der Waals surface area contributed by atoms with Crippen LogP contribution in [0.25, 0.3) is 0 Å². The molecule has 0 spiro atoms. The summed E-state index contributed by atoms with van der Waals surface area (Å²) >= 11 is 0. The van der Waals surface area contributed by atoms with Crippen molar-refractivity contribution in [2.75, 3.05) is 36.8 Å². The second-order valence-corrected chi connectivity index (χ2v) is 7.55. The Morgan fingerprint density at radius 1 is 0.939 bits per heavy atom. The third kappa shape index (κ3) is 4.55. The second kappa shape index (κ2) is 9.12. The molecule has 2 aliphatic heterocycles. The van der Waals surface area contributed by atoms with Crippen LogP contribution in [0.2, 0.25) is 0 Å². The summed E-state index contributed by atoms with van der Waals surface area (Å²) in [6, 6.07) is 19.8. The minimum Gasteiger partial charge on any atom is -0.494 e. The molecule has 0 radical (unpaired) electrons. The standard InChI is InChI=1S/C25H22N2O6/c28-24-15-31-22-14-18(26-25(29)17-7-10-21-23(13-17)33-16-32-21)8-9-20(22)27(24)11-4-12-30-19-5-2-1-3-6-19/h1-3,5-10,13-14H,4,11-12,15-16H2,(H,26,29). The number of nitrogens with zero attached hydrogens (tertiary/aromatic N) is 1. The summed E-state index contributed by atoms with van der Waals surface area (Å²) in [5.41, 5.74) is 1.69. The van der Waals surface area contributed by atoms with E-state index in [1.54, 1.807) is 41.3 Å². The van der Waals surface area contributed by atoms with E-state index in [-0.39, 0.29) is 25.2 Å². The first-order valence-electron chi connectivity index (χ1n) is 10.6. The summed E-state index contributed by atoms with van der Waals surface area (Å²) < 4.78 is 22.0. The van der Waals surface area contributed by atoms with E-state index in [1.165, 1.54) is 0 Å². The van der Waals surface area contributed by atoms with Crippen molar-refractivity contribution in [2.45, 2.75) is 6.42 Å². The number of carbonyl (C=O) groups excluding carboxylic acids is 2. The molecule has 0 aliphatic carbocycles. The third-order valence-corrected chi connectivity index (χ3v) is 5.33. The summed E-state index contributed by atoms with van der Waals surface area (Å²) in [5.74, 6) is 2.11. The van der Waals surface area contributed by atoms with Crippen LogP contribution in [0.1, 0.15) is 16.8 Å². The van der Waals surface area contributed by atoms with Crippen LogP contribution in [0, 0.1) is 0 Å². The smallest absolute Gasteiger partial charge is 0.265 e. The average Bonchev–Trinajstić information content (AvgIpc) is 3.31. The number of nitrogens with one attached hydrogen (secondary N) is 1. The van der Waals surface area contributed by atoms with Gasteiger partial charge in [-0.15, -0.1) is 0 Å². The van der Waals surface area contributed by atoms with Crippen molar-refractivity contribution in [1.29, 1.82) is 0 Å². The van der Waals surface area contributed by atoms with Crippen LogP contribution >= 0.6 is 0 Å². The van der Waals surface area contributed by atoms with Crippen molar-refractivity contribution < 1.29 is 28.5 Å². The molecule has 0 aromatic heterocycles. The van der Waals surface area contributed by atoms with Crippen molar-refractivity contribution in [3.05, 3.63) is 72.3 Å². The van der Waals surface area contributed by atoms with E-state index in [0.29, 0.717) is 53.8 Å². The van der Waals surface area contributed by atoms with Gasteiger partial charge in [-0.25, -0.2) is 0 Å². The monoisotopic (exact) mass is 446 g/mol. The van der Waals surface area contributed by atoms with Gasteiger partial charge in [-0.05, 0) is 48.9 Å². The summed E-state index contributed by atoms with van der Waals surface area (Å²) in [7, 11) is 0. The molecule has 3 aromatic rings. The highest BCUT2D eigenvalue weighted by atomic mass is 16.7. The number of rotatable bonds is 7. The van der Waals surface area contributed by atoms with Gasteiger partial charge in [-0.1, -0.05) is 18.2 Å². The molecular weight excluding hydrogens is 424 g/mol. The lowest BCUT2D eigenvalue weighted by Gasteiger charge is -2.29. The number of amides is 2. The zero-order valence-electron chi connectivity index (χ0n) is 17.8. The Hall–Kier alpha value is -4.20. The lowest BCUT2D eigenvalue weighted by molar-refractivity contribution is -0.121. The van der Waals surface area contributed by atoms with Gasteiger partial charge in [-0.2, -0.15) is 0 Å². The maximum absolute atomic E-state index is 12.7. The van der Waals surface area contributed by atoms with Crippen LogP contribution in [0.15, 0.2) is 66.7 Å². The Morgan fingerprint density at radius 2 is 1.79 bits per heavy atom. The molecule has 0 bridgehead atoms. The molecule has 168 valence electrons. The molecule has 33 heavy (non-hydrogen) atoms. The summed E-state index contributed by atoms with van der Waals surface area (Å²) in [6.07, 6.45) is 0.669. The predicted octanol–water partition coefficient (Wildman–Crippen LogP) is 3.86. The zero-order chi connectivity index (χ0) is 22.6. The number of para-hydroxylation sites is 1. The number of hydrogen-bond acceptors (Lipinski definition) is 6. The maximum Gasteiger partial charge on any atom is 0.265 e. The highest BCUT2D eigenvalue weighted by Gasteiger charge is 2.26. The van der Waals surface area contributed by atoms with Crippen LogP contribution in [0.3, 0.4) is 0 Å².